The molecule has 0 aromatic carbocycles. The molecule has 1 aromatic heterocycles. The average molecular weight is 157 g/mol. The Kier molecular flexibility index (Phi) is 1.90. The maximum Gasteiger partial charge on any atom is 0.239 e. The van der Waals surface area contributed by atoms with Crippen LogP contribution in [-0.4, -0.2) is 15.4 Å². The fourth-order valence-corrected chi connectivity index (χ4v) is 0.680. The second-order valence-electron chi connectivity index (χ2n) is 1.99. The number of nitrogens with one attached hydrogen (secondary N) is 1. The van der Waals surface area contributed by atoms with E-state index >= 15 is 0 Å². The molecular weight excluding hydrogens is 148 g/mol. The van der Waals surface area contributed by atoms with Gasteiger partial charge in [0.05, 0.1) is 0 Å². The van der Waals surface area contributed by atoms with Crippen LogP contribution in [0.3, 0.4) is 0 Å². The molecule has 1 heterocycles. The Morgan fingerprint density at radius 1 is 1.27 bits per heavy atom. The Morgan fingerprint density at radius 2 is 1.91 bits per heavy atom. The summed E-state index contributed by atoms with van der Waals surface area (Å²) in [6.45, 7) is 0. The topological polar surface area (TPSA) is 110 Å². The zero-order chi connectivity index (χ0) is 8.43. The van der Waals surface area contributed by atoms with Gasteiger partial charge < -0.3 is 11.5 Å². The molecule has 0 aliphatic carbocycles. The van der Waals surface area contributed by atoms with Gasteiger partial charge in [-0.15, -0.1) is 0 Å². The van der Waals surface area contributed by atoms with Crippen molar-refractivity contribution >= 4 is 17.3 Å². The number of anilines is 2. The first kappa shape index (κ1) is 7.73. The molecule has 0 atom stereocenters. The summed E-state index contributed by atoms with van der Waals surface area (Å²) in [5.74, 6) is 0.248. The van der Waals surface area contributed by atoms with E-state index < -0.39 is 5.23 Å². The molecule has 0 bridgehead atoms. The van der Waals surface area contributed by atoms with E-state index in [0.717, 1.165) is 0 Å². The minimum atomic E-state index is -0.852. The molecule has 0 fully saturated rings. The maximum atomic E-state index is 8.61. The summed E-state index contributed by atoms with van der Waals surface area (Å²) in [6, 6.07) is 2.81. The van der Waals surface area contributed by atoms with Crippen molar-refractivity contribution in [1.29, 1.82) is 0 Å². The Hall–Kier alpha value is -1.37. The lowest BCUT2D eigenvalue weighted by molar-refractivity contribution is -1.19. The molecule has 0 saturated heterocycles. The van der Waals surface area contributed by atoms with Gasteiger partial charge in [-0.2, -0.15) is 10.4 Å². The molecule has 0 aliphatic rings. The summed E-state index contributed by atoms with van der Waals surface area (Å²) in [5.41, 5.74) is 10.6. The number of hydrogen-bond donors (Lipinski definition) is 5. The van der Waals surface area contributed by atoms with Gasteiger partial charge >= 0.3 is 0 Å². The number of rotatable bonds is 1. The van der Waals surface area contributed by atoms with E-state index in [2.05, 4.69) is 4.98 Å². The first-order chi connectivity index (χ1) is 5.11. The molecule has 60 valence electrons. The van der Waals surface area contributed by atoms with E-state index in [1.54, 1.807) is 0 Å². The van der Waals surface area contributed by atoms with Gasteiger partial charge in [0.25, 0.3) is 0 Å². The number of quaternary nitrogens is 1. The molecule has 0 unspecified atom stereocenters. The van der Waals surface area contributed by atoms with E-state index in [-0.39, 0.29) is 17.3 Å². The van der Waals surface area contributed by atoms with E-state index in [0.29, 0.717) is 0 Å². The van der Waals surface area contributed by atoms with Crippen LogP contribution in [0.4, 0.5) is 17.3 Å². The molecule has 6 heteroatoms. The molecule has 0 aliphatic heterocycles. The molecule has 1 aromatic rings. The minimum Gasteiger partial charge on any atom is -0.384 e. The van der Waals surface area contributed by atoms with E-state index in [4.69, 9.17) is 21.9 Å². The number of nitrogens with zero attached hydrogens (tertiary/aromatic N) is 1. The molecular formula is C5H9N4O2+. The van der Waals surface area contributed by atoms with Crippen molar-refractivity contribution in [2.24, 2.45) is 0 Å². The molecule has 0 spiro atoms. The Morgan fingerprint density at radius 3 is 2.36 bits per heavy atom. The van der Waals surface area contributed by atoms with Crippen LogP contribution in [0.15, 0.2) is 12.1 Å². The van der Waals surface area contributed by atoms with Gasteiger partial charge in [-0.05, 0) is 11.3 Å². The van der Waals surface area contributed by atoms with Crippen molar-refractivity contribution in [1.82, 2.24) is 4.98 Å². The molecule has 6 nitrogen and oxygen atoms in total. The van der Waals surface area contributed by atoms with Crippen molar-refractivity contribution in [2.45, 2.75) is 0 Å². The van der Waals surface area contributed by atoms with Crippen molar-refractivity contribution in [3.05, 3.63) is 12.1 Å². The second kappa shape index (κ2) is 2.70. The van der Waals surface area contributed by atoms with Crippen molar-refractivity contribution in [3.63, 3.8) is 0 Å². The summed E-state index contributed by atoms with van der Waals surface area (Å²) in [5, 5.41) is 16.4. The van der Waals surface area contributed by atoms with Crippen molar-refractivity contribution < 1.29 is 15.6 Å². The highest BCUT2D eigenvalue weighted by atomic mass is 16.8. The predicted octanol–water partition coefficient (Wildman–Crippen LogP) is -1.46. The Balaban J connectivity index is 3.09. The van der Waals surface area contributed by atoms with Gasteiger partial charge in [-0.3, -0.25) is 0 Å². The summed E-state index contributed by atoms with van der Waals surface area (Å²) >= 11 is 0. The highest BCUT2D eigenvalue weighted by Crippen LogP contribution is 2.11. The van der Waals surface area contributed by atoms with Crippen molar-refractivity contribution in [2.75, 3.05) is 11.5 Å². The van der Waals surface area contributed by atoms with Crippen LogP contribution >= 0.6 is 0 Å². The normalized spacial score (nSPS) is 10.5. The van der Waals surface area contributed by atoms with Crippen LogP contribution in [0, 0.1) is 0 Å². The summed E-state index contributed by atoms with van der Waals surface area (Å²) < 4.78 is 0. The summed E-state index contributed by atoms with van der Waals surface area (Å²) in [6.07, 6.45) is 0. The zero-order valence-electron chi connectivity index (χ0n) is 5.65. The second-order valence-corrected chi connectivity index (χ2v) is 1.99. The van der Waals surface area contributed by atoms with E-state index in [1.165, 1.54) is 12.1 Å². The molecule has 0 amide bonds. The average Bonchev–Trinajstić information content (AvgIpc) is 1.85. The van der Waals surface area contributed by atoms with Crippen LogP contribution in [0.5, 0.6) is 0 Å². The molecule has 0 saturated carbocycles. The molecule has 7 N–H and O–H groups in total. The zero-order valence-corrected chi connectivity index (χ0v) is 5.65. The Labute approximate surface area is 62.6 Å². The SMILES string of the molecule is Nc1ccc([NH+](O)O)c(N)n1. The van der Waals surface area contributed by atoms with Crippen LogP contribution in [0.1, 0.15) is 0 Å². The lowest BCUT2D eigenvalue weighted by Crippen LogP contribution is -3.02. The highest BCUT2D eigenvalue weighted by Gasteiger charge is 2.11. The molecule has 0 radical (unpaired) electrons. The summed E-state index contributed by atoms with van der Waals surface area (Å²) in [4.78, 5) is 3.61. The Bertz CT molecular complexity index is 263. The van der Waals surface area contributed by atoms with Crippen LogP contribution in [-0.2, 0) is 0 Å². The summed E-state index contributed by atoms with van der Waals surface area (Å²) in [7, 11) is 0. The van der Waals surface area contributed by atoms with Gasteiger partial charge in [0.15, 0.2) is 5.82 Å². The lowest BCUT2D eigenvalue weighted by atomic mass is 10.4. The predicted molar refractivity (Wildman–Crippen MR) is 37.3 cm³/mol. The van der Waals surface area contributed by atoms with Gasteiger partial charge in [0, 0.05) is 6.07 Å². The highest BCUT2D eigenvalue weighted by molar-refractivity contribution is 5.55. The lowest BCUT2D eigenvalue weighted by Gasteiger charge is -2.02. The van der Waals surface area contributed by atoms with E-state index in [1.807, 2.05) is 0 Å². The number of hydrogen-bond acceptors (Lipinski definition) is 5. The van der Waals surface area contributed by atoms with Crippen LogP contribution < -0.4 is 16.7 Å². The largest absolute Gasteiger partial charge is 0.384 e. The third-order valence-corrected chi connectivity index (χ3v) is 1.19. The quantitative estimate of drug-likeness (QED) is 0.320. The standard InChI is InChI=1S/C5H8N4O2/c6-4-2-1-3(9(10)11)5(7)8-4/h1-2,10-11H,(H4,6,7,8)/p+1. The maximum absolute atomic E-state index is 8.61. The number of aromatic nitrogens is 1. The number of pyridine rings is 1. The first-order valence-electron chi connectivity index (χ1n) is 2.88. The van der Waals surface area contributed by atoms with Crippen LogP contribution in [0.2, 0.25) is 0 Å². The van der Waals surface area contributed by atoms with Crippen LogP contribution in [0.25, 0.3) is 0 Å². The van der Waals surface area contributed by atoms with Gasteiger partial charge in [0.1, 0.15) is 5.82 Å². The van der Waals surface area contributed by atoms with Gasteiger partial charge in [0.2, 0.25) is 5.69 Å². The van der Waals surface area contributed by atoms with Gasteiger partial charge in [-0.1, -0.05) is 0 Å². The monoisotopic (exact) mass is 157 g/mol. The molecule has 1 rings (SSSR count). The number of nitrogen functional groups attached to an aromatic ring is 2. The minimum absolute atomic E-state index is 0.00463. The fourth-order valence-electron chi connectivity index (χ4n) is 0.680. The van der Waals surface area contributed by atoms with E-state index in [9.17, 15) is 0 Å². The smallest absolute Gasteiger partial charge is 0.239 e. The third-order valence-electron chi connectivity index (χ3n) is 1.19. The third kappa shape index (κ3) is 1.55. The van der Waals surface area contributed by atoms with Crippen molar-refractivity contribution in [3.8, 4) is 0 Å². The number of nitrogens with two attached hydrogens (primary N) is 2. The molecule has 11 heavy (non-hydrogen) atoms. The first-order valence-corrected chi connectivity index (χ1v) is 2.88. The fraction of sp³-hybridized carbons (Fsp3) is 0. The van der Waals surface area contributed by atoms with Gasteiger partial charge in [-0.25, -0.2) is 4.98 Å².